The summed E-state index contributed by atoms with van der Waals surface area (Å²) in [5.41, 5.74) is 1.09. The summed E-state index contributed by atoms with van der Waals surface area (Å²) >= 11 is 0. The van der Waals surface area contributed by atoms with Gasteiger partial charge in [-0.1, -0.05) is 39.3 Å². The number of unbranched alkanes of at least 4 members (excludes halogenated alkanes) is 1. The molecule has 7 nitrogen and oxygen atoms in total. The van der Waals surface area contributed by atoms with Crippen molar-refractivity contribution < 1.29 is 21.6 Å². The molecule has 32 heavy (non-hydrogen) atoms. The predicted octanol–water partition coefficient (Wildman–Crippen LogP) is 3.03. The summed E-state index contributed by atoms with van der Waals surface area (Å²) in [6.45, 7) is 7.35. The average molecular weight is 485 g/mol. The molecule has 0 spiro atoms. The number of carbonyl (C=O) groups excluding carboxylic acids is 1. The van der Waals surface area contributed by atoms with E-state index in [1.54, 1.807) is 17.0 Å². The summed E-state index contributed by atoms with van der Waals surface area (Å²) < 4.78 is 51.5. The van der Waals surface area contributed by atoms with Gasteiger partial charge in [-0.05, 0) is 49.3 Å². The summed E-state index contributed by atoms with van der Waals surface area (Å²) in [4.78, 5) is 15.3. The molecular formula is C23H36N2O5S2. The number of hydrogen-bond acceptors (Lipinski definition) is 5. The predicted molar refractivity (Wildman–Crippen MR) is 126 cm³/mol. The fourth-order valence-electron chi connectivity index (χ4n) is 4.57. The van der Waals surface area contributed by atoms with Crippen molar-refractivity contribution in [3.8, 4) is 0 Å². The van der Waals surface area contributed by atoms with E-state index in [4.69, 9.17) is 0 Å². The number of amides is 1. The maximum absolute atomic E-state index is 13.3. The Morgan fingerprint density at radius 2 is 1.75 bits per heavy atom. The van der Waals surface area contributed by atoms with Gasteiger partial charge in [0.25, 0.3) is 0 Å². The molecule has 1 aromatic carbocycles. The molecule has 0 aliphatic carbocycles. The van der Waals surface area contributed by atoms with Gasteiger partial charge >= 0.3 is 0 Å². The van der Waals surface area contributed by atoms with Crippen molar-refractivity contribution in [1.82, 2.24) is 9.21 Å². The Kier molecular flexibility index (Phi) is 8.04. The lowest BCUT2D eigenvalue weighted by molar-refractivity contribution is -0.138. The van der Waals surface area contributed by atoms with Gasteiger partial charge in [-0.25, -0.2) is 16.8 Å². The van der Waals surface area contributed by atoms with E-state index in [1.807, 2.05) is 19.1 Å². The van der Waals surface area contributed by atoms with Crippen LogP contribution in [0.5, 0.6) is 0 Å². The van der Waals surface area contributed by atoms with E-state index in [1.165, 1.54) is 4.31 Å². The Morgan fingerprint density at radius 3 is 2.25 bits per heavy atom. The van der Waals surface area contributed by atoms with Crippen molar-refractivity contribution in [1.29, 1.82) is 0 Å². The minimum absolute atomic E-state index is 0.0149. The third-order valence-corrected chi connectivity index (χ3v) is 10.3. The lowest BCUT2D eigenvalue weighted by Gasteiger charge is -2.36. The van der Waals surface area contributed by atoms with Crippen molar-refractivity contribution in [2.45, 2.75) is 69.7 Å². The number of hydrogen-bond donors (Lipinski definition) is 0. The number of nitrogens with zero attached hydrogens (tertiary/aromatic N) is 2. The Labute approximate surface area is 193 Å². The summed E-state index contributed by atoms with van der Waals surface area (Å²) in [5, 5.41) is 0. The lowest BCUT2D eigenvalue weighted by Crippen LogP contribution is -2.48. The van der Waals surface area contributed by atoms with Gasteiger partial charge in [0.05, 0.1) is 16.4 Å². The standard InChI is InChI=1S/C23H36N2O5S2/c1-4-5-13-25(21-12-16-31(27,28)17-21)23(26)20-10-14-24(15-11-20)32(29,30)22-8-6-19(7-9-22)18(2)3/h6-9,18,20-21H,4-5,10-17H2,1-3H3/t21-/m1/s1. The normalized spacial score (nSPS) is 22.3. The molecule has 9 heteroatoms. The highest BCUT2D eigenvalue weighted by Crippen LogP contribution is 2.28. The van der Waals surface area contributed by atoms with Gasteiger partial charge < -0.3 is 4.90 Å². The quantitative estimate of drug-likeness (QED) is 0.566. The molecule has 1 amide bonds. The van der Waals surface area contributed by atoms with E-state index in [0.29, 0.717) is 44.8 Å². The first-order valence-corrected chi connectivity index (χ1v) is 14.9. The monoisotopic (exact) mass is 484 g/mol. The van der Waals surface area contributed by atoms with Crippen molar-refractivity contribution in [3.63, 3.8) is 0 Å². The van der Waals surface area contributed by atoms with Gasteiger partial charge in [0.15, 0.2) is 9.84 Å². The Bertz CT molecular complexity index is 995. The second-order valence-electron chi connectivity index (χ2n) is 9.34. The molecule has 2 aliphatic heterocycles. The zero-order valence-corrected chi connectivity index (χ0v) is 21.0. The first-order valence-electron chi connectivity index (χ1n) is 11.7. The molecule has 1 atom stereocenters. The molecule has 0 N–H and O–H groups in total. The van der Waals surface area contributed by atoms with Gasteiger partial charge in [0, 0.05) is 31.6 Å². The summed E-state index contributed by atoms with van der Waals surface area (Å²) in [5.74, 6) is 0.241. The van der Waals surface area contributed by atoms with Crippen LogP contribution in [0.2, 0.25) is 0 Å². The highest BCUT2D eigenvalue weighted by molar-refractivity contribution is 7.91. The van der Waals surface area contributed by atoms with Crippen LogP contribution >= 0.6 is 0 Å². The molecular weight excluding hydrogens is 448 g/mol. The molecule has 0 saturated carbocycles. The number of sulfone groups is 1. The average Bonchev–Trinajstić information content (AvgIpc) is 3.13. The second kappa shape index (κ2) is 10.2. The zero-order valence-electron chi connectivity index (χ0n) is 19.4. The van der Waals surface area contributed by atoms with Crippen LogP contribution in [0, 0.1) is 5.92 Å². The third kappa shape index (κ3) is 5.72. The molecule has 0 unspecified atom stereocenters. The minimum Gasteiger partial charge on any atom is -0.338 e. The SMILES string of the molecule is CCCCN(C(=O)C1CCN(S(=O)(=O)c2ccc(C(C)C)cc2)CC1)[C@@H]1CCS(=O)(=O)C1. The number of benzene rings is 1. The van der Waals surface area contributed by atoms with Crippen LogP contribution in [0.25, 0.3) is 0 Å². The van der Waals surface area contributed by atoms with E-state index >= 15 is 0 Å². The van der Waals surface area contributed by atoms with Crippen LogP contribution in [0.4, 0.5) is 0 Å². The molecule has 2 heterocycles. The van der Waals surface area contributed by atoms with Gasteiger partial charge in [-0.3, -0.25) is 4.79 Å². The number of carbonyl (C=O) groups is 1. The highest BCUT2D eigenvalue weighted by atomic mass is 32.2. The second-order valence-corrected chi connectivity index (χ2v) is 13.5. The van der Waals surface area contributed by atoms with Gasteiger partial charge in [0.1, 0.15) is 0 Å². The maximum Gasteiger partial charge on any atom is 0.243 e. The first-order chi connectivity index (χ1) is 15.0. The molecule has 0 aromatic heterocycles. The van der Waals surface area contributed by atoms with Crippen molar-refractivity contribution in [2.24, 2.45) is 5.92 Å². The van der Waals surface area contributed by atoms with Crippen LogP contribution in [-0.4, -0.2) is 69.1 Å². The largest absolute Gasteiger partial charge is 0.338 e. The number of rotatable bonds is 8. The Balaban J connectivity index is 1.65. The van der Waals surface area contributed by atoms with Crippen LogP contribution in [-0.2, 0) is 24.7 Å². The van der Waals surface area contributed by atoms with E-state index in [9.17, 15) is 21.6 Å². The van der Waals surface area contributed by atoms with Crippen LogP contribution in [0.3, 0.4) is 0 Å². The number of sulfonamides is 1. The molecule has 3 rings (SSSR count). The number of piperidine rings is 1. The molecule has 2 saturated heterocycles. The molecule has 180 valence electrons. The topological polar surface area (TPSA) is 91.8 Å². The van der Waals surface area contributed by atoms with Crippen molar-refractivity contribution in [3.05, 3.63) is 29.8 Å². The van der Waals surface area contributed by atoms with Crippen molar-refractivity contribution in [2.75, 3.05) is 31.1 Å². The molecule has 2 aliphatic rings. The Morgan fingerprint density at radius 1 is 1.12 bits per heavy atom. The van der Waals surface area contributed by atoms with E-state index in [-0.39, 0.29) is 34.3 Å². The highest BCUT2D eigenvalue weighted by Gasteiger charge is 2.39. The third-order valence-electron chi connectivity index (χ3n) is 6.67. The van der Waals surface area contributed by atoms with Crippen LogP contribution in [0.1, 0.15) is 64.4 Å². The van der Waals surface area contributed by atoms with E-state index in [0.717, 1.165) is 18.4 Å². The lowest BCUT2D eigenvalue weighted by atomic mass is 9.95. The summed E-state index contributed by atoms with van der Waals surface area (Å²) in [6.07, 6.45) is 3.18. The van der Waals surface area contributed by atoms with E-state index in [2.05, 4.69) is 13.8 Å². The molecule has 0 bridgehead atoms. The first kappa shape index (κ1) is 25.2. The van der Waals surface area contributed by atoms with Gasteiger partial charge in [-0.2, -0.15) is 4.31 Å². The Hall–Kier alpha value is -1.45. The fourth-order valence-corrected chi connectivity index (χ4v) is 7.77. The summed E-state index contributed by atoms with van der Waals surface area (Å²) in [7, 11) is -6.67. The van der Waals surface area contributed by atoms with Gasteiger partial charge in [-0.15, -0.1) is 0 Å². The zero-order chi connectivity index (χ0) is 23.5. The molecule has 0 radical (unpaired) electrons. The summed E-state index contributed by atoms with van der Waals surface area (Å²) in [6, 6.07) is 6.79. The fraction of sp³-hybridized carbons (Fsp3) is 0.696. The van der Waals surface area contributed by atoms with Crippen LogP contribution in [0.15, 0.2) is 29.2 Å². The van der Waals surface area contributed by atoms with Crippen molar-refractivity contribution >= 4 is 25.8 Å². The maximum atomic E-state index is 13.3. The minimum atomic E-state index is -3.59. The molecule has 2 fully saturated rings. The molecule has 1 aromatic rings. The van der Waals surface area contributed by atoms with Crippen LogP contribution < -0.4 is 0 Å². The van der Waals surface area contributed by atoms with Gasteiger partial charge in [0.2, 0.25) is 15.9 Å². The smallest absolute Gasteiger partial charge is 0.243 e. The van der Waals surface area contributed by atoms with E-state index < -0.39 is 19.9 Å².